The minimum atomic E-state index is 0.180. The van der Waals surface area contributed by atoms with Crippen LogP contribution in [0.15, 0.2) is 121 Å². The van der Waals surface area contributed by atoms with Crippen LogP contribution in [0.25, 0.3) is 11.1 Å². The fraction of sp³-hybridized carbons (Fsp3) is 0.0370. The number of benzene rings is 4. The molecule has 2 atom stereocenters. The van der Waals surface area contributed by atoms with Crippen molar-refractivity contribution in [2.75, 3.05) is 0 Å². The van der Waals surface area contributed by atoms with E-state index in [-0.39, 0.29) is 5.66 Å². The van der Waals surface area contributed by atoms with Gasteiger partial charge in [-0.25, -0.2) is 0 Å². The van der Waals surface area contributed by atoms with Gasteiger partial charge in [-0.15, -0.1) is 9.24 Å². The highest BCUT2D eigenvalue weighted by Gasteiger charge is 2.20. The van der Waals surface area contributed by atoms with E-state index in [0.717, 1.165) is 0 Å². The Kier molecular flexibility index (Phi) is 5.80. The maximum atomic E-state index is 3.07. The third kappa shape index (κ3) is 3.98. The molecular formula is C27H23P. The van der Waals surface area contributed by atoms with Crippen molar-refractivity contribution in [2.24, 2.45) is 0 Å². The van der Waals surface area contributed by atoms with Gasteiger partial charge in [0.25, 0.3) is 0 Å². The number of hydrogen-bond acceptors (Lipinski definition) is 0. The number of allylic oxidation sites excluding steroid dienone is 1. The minimum Gasteiger partial charge on any atom is -0.125 e. The molecule has 4 rings (SSSR count). The average Bonchev–Trinajstić information content (AvgIpc) is 2.79. The third-order valence-electron chi connectivity index (χ3n) is 4.95. The van der Waals surface area contributed by atoms with Gasteiger partial charge in [0.2, 0.25) is 0 Å². The molecule has 0 N–H and O–H groups in total. The van der Waals surface area contributed by atoms with E-state index < -0.39 is 0 Å². The van der Waals surface area contributed by atoms with Gasteiger partial charge < -0.3 is 0 Å². The molecule has 4 aromatic carbocycles. The summed E-state index contributed by atoms with van der Waals surface area (Å²) in [6.45, 7) is 0. The Labute approximate surface area is 169 Å². The molecule has 0 nitrogen and oxygen atoms in total. The van der Waals surface area contributed by atoms with Crippen molar-refractivity contribution >= 4 is 20.4 Å². The second-order valence-corrected chi connectivity index (χ2v) is 7.44. The SMILES string of the molecule is PC(C(=C(c1ccccc1)c1ccccc1)c1ccccc1)c1ccccc1. The van der Waals surface area contributed by atoms with E-state index in [9.17, 15) is 0 Å². The van der Waals surface area contributed by atoms with Crippen LogP contribution in [0.5, 0.6) is 0 Å². The zero-order valence-corrected chi connectivity index (χ0v) is 16.9. The Hall–Kier alpha value is -2.95. The molecule has 0 amide bonds. The molecule has 0 spiro atoms. The third-order valence-corrected chi connectivity index (χ3v) is 5.67. The first-order valence-electron chi connectivity index (χ1n) is 9.55. The predicted molar refractivity (Wildman–Crippen MR) is 124 cm³/mol. The van der Waals surface area contributed by atoms with Crippen molar-refractivity contribution in [3.05, 3.63) is 144 Å². The van der Waals surface area contributed by atoms with Gasteiger partial charge >= 0.3 is 0 Å². The van der Waals surface area contributed by atoms with Gasteiger partial charge in [-0.1, -0.05) is 121 Å². The molecule has 28 heavy (non-hydrogen) atoms. The van der Waals surface area contributed by atoms with Crippen LogP contribution in [-0.4, -0.2) is 0 Å². The molecule has 0 aliphatic rings. The van der Waals surface area contributed by atoms with Crippen molar-refractivity contribution in [1.82, 2.24) is 0 Å². The van der Waals surface area contributed by atoms with Crippen molar-refractivity contribution in [3.63, 3.8) is 0 Å². The lowest BCUT2D eigenvalue weighted by Gasteiger charge is -2.23. The van der Waals surface area contributed by atoms with Gasteiger partial charge in [0.15, 0.2) is 0 Å². The number of hydrogen-bond donors (Lipinski definition) is 0. The van der Waals surface area contributed by atoms with Gasteiger partial charge in [-0.05, 0) is 33.4 Å². The van der Waals surface area contributed by atoms with Gasteiger partial charge in [-0.2, -0.15) is 0 Å². The molecule has 0 aliphatic heterocycles. The molecule has 0 fully saturated rings. The Morgan fingerprint density at radius 2 is 0.821 bits per heavy atom. The standard InChI is InChI=1S/C27H23P/c28-27(24-19-11-4-12-20-24)26(23-17-9-3-10-18-23)25(21-13-5-1-6-14-21)22-15-7-2-8-16-22/h1-20,27H,28H2. The average molecular weight is 378 g/mol. The summed E-state index contributed by atoms with van der Waals surface area (Å²) >= 11 is 0. The second kappa shape index (κ2) is 8.83. The van der Waals surface area contributed by atoms with Gasteiger partial charge in [0.05, 0.1) is 0 Å². The minimum absolute atomic E-state index is 0.180. The van der Waals surface area contributed by atoms with Crippen molar-refractivity contribution in [2.45, 2.75) is 5.66 Å². The van der Waals surface area contributed by atoms with Crippen LogP contribution in [0, 0.1) is 0 Å². The normalized spacial score (nSPS) is 11.6. The van der Waals surface area contributed by atoms with Crippen LogP contribution in [0.1, 0.15) is 27.9 Å². The molecule has 1 heteroatoms. The molecule has 4 aromatic rings. The highest BCUT2D eigenvalue weighted by molar-refractivity contribution is 7.18. The summed E-state index contributed by atoms with van der Waals surface area (Å²) in [5.41, 5.74) is 7.76. The zero-order valence-electron chi connectivity index (χ0n) is 15.7. The van der Waals surface area contributed by atoms with Crippen molar-refractivity contribution < 1.29 is 0 Å². The summed E-state index contributed by atoms with van der Waals surface area (Å²) in [4.78, 5) is 0. The number of rotatable bonds is 5. The van der Waals surface area contributed by atoms with E-state index >= 15 is 0 Å². The van der Waals surface area contributed by atoms with E-state index in [1.807, 2.05) is 0 Å². The Morgan fingerprint density at radius 3 is 1.25 bits per heavy atom. The molecule has 0 saturated carbocycles. The maximum Gasteiger partial charge on any atom is 0.0246 e. The van der Waals surface area contributed by atoms with Crippen LogP contribution in [-0.2, 0) is 0 Å². The van der Waals surface area contributed by atoms with Crippen LogP contribution in [0.4, 0.5) is 0 Å². The largest absolute Gasteiger partial charge is 0.125 e. The monoisotopic (exact) mass is 378 g/mol. The summed E-state index contributed by atoms with van der Waals surface area (Å²) in [5, 5.41) is 0. The van der Waals surface area contributed by atoms with Gasteiger partial charge in [0, 0.05) is 5.66 Å². The molecule has 0 saturated heterocycles. The lowest BCUT2D eigenvalue weighted by Crippen LogP contribution is -2.01. The first kappa shape index (κ1) is 18.4. The molecule has 2 unspecified atom stereocenters. The smallest absolute Gasteiger partial charge is 0.0246 e. The van der Waals surface area contributed by atoms with E-state index in [1.54, 1.807) is 0 Å². The molecule has 0 heterocycles. The van der Waals surface area contributed by atoms with E-state index in [4.69, 9.17) is 0 Å². The first-order chi connectivity index (χ1) is 13.8. The lowest BCUT2D eigenvalue weighted by atomic mass is 9.86. The fourth-order valence-corrected chi connectivity index (χ4v) is 4.19. The topological polar surface area (TPSA) is 0 Å². The summed E-state index contributed by atoms with van der Waals surface area (Å²) in [6.07, 6.45) is 0. The predicted octanol–water partition coefficient (Wildman–Crippen LogP) is 7.26. The summed E-state index contributed by atoms with van der Waals surface area (Å²) in [7, 11) is 3.07. The quantitative estimate of drug-likeness (QED) is 0.253. The lowest BCUT2D eigenvalue weighted by molar-refractivity contribution is 1.24. The molecular weight excluding hydrogens is 355 g/mol. The summed E-state index contributed by atoms with van der Waals surface area (Å²) in [6, 6.07) is 42.8. The molecule has 0 aromatic heterocycles. The van der Waals surface area contributed by atoms with Crippen molar-refractivity contribution in [1.29, 1.82) is 0 Å². The van der Waals surface area contributed by atoms with Crippen LogP contribution >= 0.6 is 9.24 Å². The summed E-state index contributed by atoms with van der Waals surface area (Å²) < 4.78 is 0. The Morgan fingerprint density at radius 1 is 0.464 bits per heavy atom. The van der Waals surface area contributed by atoms with Crippen LogP contribution < -0.4 is 0 Å². The Bertz CT molecular complexity index is 995. The molecule has 136 valence electrons. The first-order valence-corrected chi connectivity index (χ1v) is 10.2. The zero-order chi connectivity index (χ0) is 19.2. The van der Waals surface area contributed by atoms with Crippen LogP contribution in [0.3, 0.4) is 0 Å². The fourth-order valence-electron chi connectivity index (χ4n) is 3.61. The molecule has 0 radical (unpaired) electrons. The van der Waals surface area contributed by atoms with Gasteiger partial charge in [0.1, 0.15) is 0 Å². The maximum absolute atomic E-state index is 3.07. The van der Waals surface area contributed by atoms with Gasteiger partial charge in [-0.3, -0.25) is 0 Å². The second-order valence-electron chi connectivity index (χ2n) is 6.78. The van der Waals surface area contributed by atoms with E-state index in [2.05, 4.69) is 131 Å². The van der Waals surface area contributed by atoms with E-state index in [1.165, 1.54) is 33.4 Å². The highest BCUT2D eigenvalue weighted by Crippen LogP contribution is 2.44. The summed E-state index contributed by atoms with van der Waals surface area (Å²) in [5.74, 6) is 0. The van der Waals surface area contributed by atoms with Crippen molar-refractivity contribution in [3.8, 4) is 0 Å². The Balaban J connectivity index is 2.03. The molecule has 0 bridgehead atoms. The highest BCUT2D eigenvalue weighted by atomic mass is 31.0. The van der Waals surface area contributed by atoms with Crippen LogP contribution in [0.2, 0.25) is 0 Å². The molecule has 0 aliphatic carbocycles. The van der Waals surface area contributed by atoms with E-state index in [0.29, 0.717) is 0 Å².